The summed E-state index contributed by atoms with van der Waals surface area (Å²) in [5.41, 5.74) is 7.32. The summed E-state index contributed by atoms with van der Waals surface area (Å²) in [5, 5.41) is 1.05. The highest BCUT2D eigenvalue weighted by atomic mass is 19.1. The topological polar surface area (TPSA) is 75.4 Å². The molecule has 17 heavy (non-hydrogen) atoms. The summed E-state index contributed by atoms with van der Waals surface area (Å²) >= 11 is 0. The predicted molar refractivity (Wildman–Crippen MR) is 58.3 cm³/mol. The van der Waals surface area contributed by atoms with Crippen LogP contribution in [-0.2, 0) is 0 Å². The second-order valence-corrected chi connectivity index (χ2v) is 3.86. The smallest absolute Gasteiger partial charge is 0.333 e. The molecule has 0 radical (unpaired) electrons. The highest BCUT2D eigenvalue weighted by Crippen LogP contribution is 2.25. The number of hydrogen-bond donors (Lipinski definition) is 2. The van der Waals surface area contributed by atoms with Crippen molar-refractivity contribution < 1.29 is 14.0 Å². The fourth-order valence-electron chi connectivity index (χ4n) is 1.47. The molecule has 6 heteroatoms. The van der Waals surface area contributed by atoms with E-state index in [0.29, 0.717) is 0 Å². The summed E-state index contributed by atoms with van der Waals surface area (Å²) < 4.78 is 13.3. The van der Waals surface area contributed by atoms with Crippen LogP contribution in [0.5, 0.6) is 0 Å². The Hall–Kier alpha value is -2.11. The fourth-order valence-corrected chi connectivity index (χ4v) is 1.47. The van der Waals surface area contributed by atoms with Crippen molar-refractivity contribution >= 4 is 11.9 Å². The van der Waals surface area contributed by atoms with Crippen LogP contribution in [0.3, 0.4) is 0 Å². The van der Waals surface area contributed by atoms with Crippen molar-refractivity contribution in [2.24, 2.45) is 5.73 Å². The molecule has 0 saturated heterocycles. The number of benzene rings is 1. The average Bonchev–Trinajstić information content (AvgIpc) is 3.09. The largest absolute Gasteiger partial charge is 0.350 e. The first-order valence-electron chi connectivity index (χ1n) is 5.24. The molecule has 1 aliphatic rings. The standard InChI is InChI=1S/C11H12FN3O2/c12-9-4-2-1-3-8(9)10(16)14-15(11(13)17)7-5-6-7/h1-4,7H,5-6H2,(H2,13,17)(H,14,16). The maximum absolute atomic E-state index is 13.3. The monoisotopic (exact) mass is 237 g/mol. The Kier molecular flexibility index (Phi) is 2.95. The zero-order valence-electron chi connectivity index (χ0n) is 9.02. The Morgan fingerprint density at radius 3 is 2.53 bits per heavy atom. The zero-order chi connectivity index (χ0) is 12.4. The van der Waals surface area contributed by atoms with Gasteiger partial charge in [-0.15, -0.1) is 0 Å². The van der Waals surface area contributed by atoms with Crippen LogP contribution in [0.1, 0.15) is 23.2 Å². The third kappa shape index (κ3) is 2.52. The number of urea groups is 1. The van der Waals surface area contributed by atoms with E-state index in [1.807, 2.05) is 0 Å². The first kappa shape index (κ1) is 11.4. The lowest BCUT2D eigenvalue weighted by atomic mass is 10.2. The lowest BCUT2D eigenvalue weighted by Crippen LogP contribution is -2.50. The molecule has 0 aromatic heterocycles. The Morgan fingerprint density at radius 1 is 1.35 bits per heavy atom. The molecule has 0 aliphatic heterocycles. The number of carbonyl (C=O) groups excluding carboxylic acids is 2. The average molecular weight is 237 g/mol. The summed E-state index contributed by atoms with van der Waals surface area (Å²) in [4.78, 5) is 22.8. The van der Waals surface area contributed by atoms with E-state index in [4.69, 9.17) is 5.73 Å². The van der Waals surface area contributed by atoms with Gasteiger partial charge in [0, 0.05) is 0 Å². The second-order valence-electron chi connectivity index (χ2n) is 3.86. The van der Waals surface area contributed by atoms with Crippen molar-refractivity contribution in [3.05, 3.63) is 35.6 Å². The molecule has 0 heterocycles. The highest BCUT2D eigenvalue weighted by molar-refractivity contribution is 5.95. The zero-order valence-corrected chi connectivity index (χ0v) is 9.02. The van der Waals surface area contributed by atoms with Crippen molar-refractivity contribution in [3.8, 4) is 0 Å². The summed E-state index contributed by atoms with van der Waals surface area (Å²) in [7, 11) is 0. The number of rotatable bonds is 2. The number of hydrazine groups is 1. The number of nitrogens with zero attached hydrogens (tertiary/aromatic N) is 1. The van der Waals surface area contributed by atoms with E-state index in [1.165, 1.54) is 18.2 Å². The maximum atomic E-state index is 13.3. The number of primary amides is 1. The quantitative estimate of drug-likeness (QED) is 0.753. The van der Waals surface area contributed by atoms with Crippen LogP contribution in [-0.4, -0.2) is 23.0 Å². The van der Waals surface area contributed by atoms with E-state index < -0.39 is 17.8 Å². The number of hydrogen-bond acceptors (Lipinski definition) is 2. The van der Waals surface area contributed by atoms with Gasteiger partial charge < -0.3 is 5.73 Å². The molecule has 1 aromatic carbocycles. The highest BCUT2D eigenvalue weighted by Gasteiger charge is 2.33. The molecule has 5 nitrogen and oxygen atoms in total. The minimum atomic E-state index is -0.739. The van der Waals surface area contributed by atoms with Crippen LogP contribution in [0.4, 0.5) is 9.18 Å². The molecule has 1 fully saturated rings. The molecule has 90 valence electrons. The first-order valence-corrected chi connectivity index (χ1v) is 5.24. The number of nitrogens with two attached hydrogens (primary N) is 1. The molecular weight excluding hydrogens is 225 g/mol. The van der Waals surface area contributed by atoms with E-state index in [-0.39, 0.29) is 11.6 Å². The van der Waals surface area contributed by atoms with Crippen LogP contribution < -0.4 is 11.2 Å². The van der Waals surface area contributed by atoms with Crippen molar-refractivity contribution in [2.75, 3.05) is 0 Å². The molecule has 2 rings (SSSR count). The van der Waals surface area contributed by atoms with Crippen molar-refractivity contribution in [1.82, 2.24) is 10.4 Å². The third-order valence-electron chi connectivity index (χ3n) is 2.49. The van der Waals surface area contributed by atoms with Gasteiger partial charge in [-0.2, -0.15) is 0 Å². The molecule has 0 atom stereocenters. The van der Waals surface area contributed by atoms with E-state index in [9.17, 15) is 14.0 Å². The summed E-state index contributed by atoms with van der Waals surface area (Å²) in [6.45, 7) is 0. The van der Waals surface area contributed by atoms with E-state index >= 15 is 0 Å². The summed E-state index contributed by atoms with van der Waals surface area (Å²) in [5.74, 6) is -1.31. The van der Waals surface area contributed by atoms with Crippen LogP contribution >= 0.6 is 0 Å². The van der Waals surface area contributed by atoms with Gasteiger partial charge in [-0.3, -0.25) is 10.2 Å². The molecule has 3 amide bonds. The molecule has 1 aromatic rings. The van der Waals surface area contributed by atoms with Gasteiger partial charge in [0.15, 0.2) is 0 Å². The van der Waals surface area contributed by atoms with Gasteiger partial charge in [0.1, 0.15) is 5.82 Å². The fraction of sp³-hybridized carbons (Fsp3) is 0.273. The van der Waals surface area contributed by atoms with Gasteiger partial charge in [0.2, 0.25) is 0 Å². The van der Waals surface area contributed by atoms with Crippen molar-refractivity contribution in [1.29, 1.82) is 0 Å². The van der Waals surface area contributed by atoms with E-state index in [0.717, 1.165) is 17.9 Å². The molecular formula is C11H12FN3O2. The van der Waals surface area contributed by atoms with E-state index in [2.05, 4.69) is 5.43 Å². The first-order chi connectivity index (χ1) is 8.09. The molecule has 0 unspecified atom stereocenters. The number of carbonyl (C=O) groups is 2. The molecule has 3 N–H and O–H groups in total. The van der Waals surface area contributed by atoms with Crippen molar-refractivity contribution in [3.63, 3.8) is 0 Å². The Morgan fingerprint density at radius 2 is 2.00 bits per heavy atom. The number of halogens is 1. The molecule has 1 aliphatic carbocycles. The molecule has 1 saturated carbocycles. The Balaban J connectivity index is 2.10. The van der Waals surface area contributed by atoms with Gasteiger partial charge in [-0.25, -0.2) is 14.2 Å². The SMILES string of the molecule is NC(=O)N(NC(=O)c1ccccc1F)C1CC1. The van der Waals surface area contributed by atoms with E-state index in [1.54, 1.807) is 6.07 Å². The summed E-state index contributed by atoms with van der Waals surface area (Å²) in [6, 6.07) is 4.75. The summed E-state index contributed by atoms with van der Waals surface area (Å²) in [6.07, 6.45) is 1.58. The van der Waals surface area contributed by atoms with Gasteiger partial charge in [-0.05, 0) is 25.0 Å². The number of amides is 3. The van der Waals surface area contributed by atoms with Crippen molar-refractivity contribution in [2.45, 2.75) is 18.9 Å². The van der Waals surface area contributed by atoms with Gasteiger partial charge in [0.05, 0.1) is 11.6 Å². The lowest BCUT2D eigenvalue weighted by Gasteiger charge is -2.20. The molecule has 0 spiro atoms. The second kappa shape index (κ2) is 4.40. The van der Waals surface area contributed by atoms with Crippen LogP contribution in [0.15, 0.2) is 24.3 Å². The lowest BCUT2D eigenvalue weighted by molar-refractivity contribution is 0.0820. The predicted octanol–water partition coefficient (Wildman–Crippen LogP) is 1.01. The van der Waals surface area contributed by atoms with Gasteiger partial charge >= 0.3 is 6.03 Å². The van der Waals surface area contributed by atoms with Crippen LogP contribution in [0.2, 0.25) is 0 Å². The molecule has 0 bridgehead atoms. The minimum absolute atomic E-state index is 0.0665. The van der Waals surface area contributed by atoms with Gasteiger partial charge in [-0.1, -0.05) is 12.1 Å². The normalized spacial score (nSPS) is 14.2. The maximum Gasteiger partial charge on any atom is 0.333 e. The third-order valence-corrected chi connectivity index (χ3v) is 2.49. The Bertz CT molecular complexity index is 460. The van der Waals surface area contributed by atoms with Crippen LogP contribution in [0.25, 0.3) is 0 Å². The number of nitrogens with one attached hydrogen (secondary N) is 1. The minimum Gasteiger partial charge on any atom is -0.350 e. The van der Waals surface area contributed by atoms with Crippen LogP contribution in [0, 0.1) is 5.82 Å². The Labute approximate surface area is 97.4 Å². The van der Waals surface area contributed by atoms with Gasteiger partial charge in [0.25, 0.3) is 5.91 Å².